The zero-order valence-electron chi connectivity index (χ0n) is 16.4. The molecule has 10 heteroatoms. The van der Waals surface area contributed by atoms with Crippen molar-refractivity contribution in [2.45, 2.75) is 31.2 Å². The van der Waals surface area contributed by atoms with Crippen LogP contribution in [0.5, 0.6) is 5.75 Å². The number of urea groups is 1. The molecule has 156 valence electrons. The fraction of sp³-hybridized carbons (Fsp3) is 0.556. The lowest BCUT2D eigenvalue weighted by Crippen LogP contribution is -2.56. The molecule has 9 nitrogen and oxygen atoms in total. The molecule has 1 aliphatic rings. The fourth-order valence-corrected chi connectivity index (χ4v) is 4.55. The van der Waals surface area contributed by atoms with Crippen LogP contribution in [0.3, 0.4) is 0 Å². The predicted octanol–water partition coefficient (Wildman–Crippen LogP) is 0.611. The highest BCUT2D eigenvalue weighted by molar-refractivity contribution is 7.89. The van der Waals surface area contributed by atoms with Gasteiger partial charge in [-0.3, -0.25) is 4.79 Å². The van der Waals surface area contributed by atoms with Gasteiger partial charge < -0.3 is 20.7 Å². The summed E-state index contributed by atoms with van der Waals surface area (Å²) < 4.78 is 32.0. The number of nitrogens with zero attached hydrogens (tertiary/aromatic N) is 2. The molecule has 0 spiro atoms. The number of nitrogens with two attached hydrogens (primary N) is 1. The van der Waals surface area contributed by atoms with Crippen molar-refractivity contribution < 1.29 is 22.7 Å². The Balaban J connectivity index is 2.03. The molecule has 3 amide bonds. The average molecular weight is 413 g/mol. The van der Waals surface area contributed by atoms with E-state index in [0.29, 0.717) is 12.2 Å². The van der Waals surface area contributed by atoms with Crippen LogP contribution >= 0.6 is 0 Å². The first-order valence-corrected chi connectivity index (χ1v) is 10.6. The summed E-state index contributed by atoms with van der Waals surface area (Å²) in [7, 11) is -2.13. The zero-order chi connectivity index (χ0) is 20.9. The van der Waals surface area contributed by atoms with Crippen LogP contribution in [-0.4, -0.2) is 68.9 Å². The van der Waals surface area contributed by atoms with Crippen LogP contribution < -0.4 is 15.8 Å². The van der Waals surface area contributed by atoms with E-state index in [1.165, 1.54) is 23.5 Å². The van der Waals surface area contributed by atoms with Crippen LogP contribution in [0.1, 0.15) is 20.3 Å². The molecule has 0 aromatic heterocycles. The van der Waals surface area contributed by atoms with Gasteiger partial charge in [0.2, 0.25) is 15.9 Å². The highest BCUT2D eigenvalue weighted by Crippen LogP contribution is 2.21. The largest absolute Gasteiger partial charge is 0.497 e. The van der Waals surface area contributed by atoms with Crippen molar-refractivity contribution in [2.75, 3.05) is 33.3 Å². The van der Waals surface area contributed by atoms with Gasteiger partial charge in [-0.2, -0.15) is 4.31 Å². The van der Waals surface area contributed by atoms with Gasteiger partial charge in [-0.05, 0) is 36.6 Å². The van der Waals surface area contributed by atoms with E-state index in [9.17, 15) is 18.0 Å². The quantitative estimate of drug-likeness (QED) is 0.679. The third-order valence-electron chi connectivity index (χ3n) is 4.57. The molecule has 1 aromatic rings. The van der Waals surface area contributed by atoms with Gasteiger partial charge >= 0.3 is 6.03 Å². The topological polar surface area (TPSA) is 122 Å². The molecule has 2 rings (SSSR count). The van der Waals surface area contributed by atoms with Crippen LogP contribution in [-0.2, 0) is 14.8 Å². The Labute approximate surface area is 165 Å². The summed E-state index contributed by atoms with van der Waals surface area (Å²) in [5.41, 5.74) is 5.18. The van der Waals surface area contributed by atoms with Crippen LogP contribution in [0.4, 0.5) is 4.79 Å². The molecular weight excluding hydrogens is 384 g/mol. The number of sulfonamides is 1. The van der Waals surface area contributed by atoms with Crippen LogP contribution in [0.2, 0.25) is 0 Å². The number of primary amides is 1. The number of hydrogen-bond acceptors (Lipinski definition) is 5. The minimum atomic E-state index is -3.64. The number of ether oxygens (including phenoxy) is 1. The normalized spacial score (nSPS) is 16.6. The Kier molecular flexibility index (Phi) is 7.25. The number of carbonyl (C=O) groups excluding carboxylic acids is 2. The highest BCUT2D eigenvalue weighted by atomic mass is 32.2. The second kappa shape index (κ2) is 9.24. The van der Waals surface area contributed by atoms with Gasteiger partial charge in [-0.15, -0.1) is 0 Å². The molecule has 0 radical (unpaired) electrons. The minimum absolute atomic E-state index is 0.182. The maximum atomic E-state index is 12.8. The molecule has 0 saturated carbocycles. The molecule has 28 heavy (non-hydrogen) atoms. The Bertz CT molecular complexity index is 787. The number of piperazine rings is 1. The summed E-state index contributed by atoms with van der Waals surface area (Å²) >= 11 is 0. The van der Waals surface area contributed by atoms with Crippen molar-refractivity contribution in [1.82, 2.24) is 14.5 Å². The van der Waals surface area contributed by atoms with Crippen LogP contribution in [0, 0.1) is 5.92 Å². The second-order valence-electron chi connectivity index (χ2n) is 7.10. The predicted molar refractivity (Wildman–Crippen MR) is 104 cm³/mol. The SMILES string of the molecule is COc1ccc(S(=O)(=O)N2CCN(C(=O)[C@@H](CC(C)C)NC(N)=O)CC2)cc1. The Morgan fingerprint density at radius 1 is 1.14 bits per heavy atom. The molecule has 1 aliphatic heterocycles. The Hall–Kier alpha value is -2.33. The Morgan fingerprint density at radius 3 is 2.18 bits per heavy atom. The van der Waals surface area contributed by atoms with E-state index >= 15 is 0 Å². The number of hydrogen-bond donors (Lipinski definition) is 2. The van der Waals surface area contributed by atoms with Crippen molar-refractivity contribution in [3.8, 4) is 5.75 Å². The van der Waals surface area contributed by atoms with Gasteiger partial charge in [-0.1, -0.05) is 13.8 Å². The molecular formula is C18H28N4O5S. The summed E-state index contributed by atoms with van der Waals surface area (Å²) in [5.74, 6) is 0.527. The molecule has 3 N–H and O–H groups in total. The van der Waals surface area contributed by atoms with Crippen molar-refractivity contribution in [2.24, 2.45) is 11.7 Å². The molecule has 1 aromatic carbocycles. The number of nitrogens with one attached hydrogen (secondary N) is 1. The fourth-order valence-electron chi connectivity index (χ4n) is 3.13. The van der Waals surface area contributed by atoms with Gasteiger partial charge in [0.25, 0.3) is 0 Å². The van der Waals surface area contributed by atoms with E-state index in [0.717, 1.165) is 0 Å². The van der Waals surface area contributed by atoms with Gasteiger partial charge in [0.05, 0.1) is 12.0 Å². The first-order chi connectivity index (χ1) is 13.1. The molecule has 0 bridgehead atoms. The molecule has 1 heterocycles. The summed E-state index contributed by atoms with van der Waals surface area (Å²) in [4.78, 5) is 25.7. The highest BCUT2D eigenvalue weighted by Gasteiger charge is 2.33. The van der Waals surface area contributed by atoms with E-state index in [1.807, 2.05) is 13.8 Å². The summed E-state index contributed by atoms with van der Waals surface area (Å²) in [6.45, 7) is 4.77. The van der Waals surface area contributed by atoms with Crippen molar-refractivity contribution in [3.63, 3.8) is 0 Å². The third-order valence-corrected chi connectivity index (χ3v) is 6.48. The number of carbonyl (C=O) groups is 2. The van der Waals surface area contributed by atoms with E-state index in [1.54, 1.807) is 17.0 Å². The number of rotatable bonds is 7. The second-order valence-corrected chi connectivity index (χ2v) is 9.03. The van der Waals surface area contributed by atoms with Crippen LogP contribution in [0.15, 0.2) is 29.2 Å². The van der Waals surface area contributed by atoms with E-state index in [-0.39, 0.29) is 42.9 Å². The average Bonchev–Trinajstić information content (AvgIpc) is 2.66. The lowest BCUT2D eigenvalue weighted by molar-refractivity contribution is -0.134. The maximum absolute atomic E-state index is 12.8. The van der Waals surface area contributed by atoms with E-state index in [4.69, 9.17) is 10.5 Å². The number of methoxy groups -OCH3 is 1. The molecule has 0 aliphatic carbocycles. The van der Waals surface area contributed by atoms with Crippen LogP contribution in [0.25, 0.3) is 0 Å². The minimum Gasteiger partial charge on any atom is -0.497 e. The lowest BCUT2D eigenvalue weighted by atomic mass is 10.0. The monoisotopic (exact) mass is 412 g/mol. The standard InChI is InChI=1S/C18H28N4O5S/c1-13(2)12-16(20-18(19)24)17(23)21-8-10-22(11-9-21)28(25,26)15-6-4-14(27-3)5-7-15/h4-7,13,16H,8-12H2,1-3H3,(H3,19,20,24)/t16-/m1/s1. The van der Waals surface area contributed by atoms with Crippen molar-refractivity contribution in [3.05, 3.63) is 24.3 Å². The van der Waals surface area contributed by atoms with E-state index < -0.39 is 22.1 Å². The Morgan fingerprint density at radius 2 is 1.71 bits per heavy atom. The van der Waals surface area contributed by atoms with Gasteiger partial charge in [-0.25, -0.2) is 13.2 Å². The van der Waals surface area contributed by atoms with Gasteiger partial charge in [0.15, 0.2) is 0 Å². The smallest absolute Gasteiger partial charge is 0.312 e. The molecule has 1 saturated heterocycles. The first kappa shape index (κ1) is 22.0. The number of amides is 3. The van der Waals surface area contributed by atoms with Gasteiger partial charge in [0.1, 0.15) is 11.8 Å². The lowest BCUT2D eigenvalue weighted by Gasteiger charge is -2.36. The molecule has 1 fully saturated rings. The van der Waals surface area contributed by atoms with Crippen molar-refractivity contribution in [1.29, 1.82) is 0 Å². The molecule has 0 unspecified atom stereocenters. The summed E-state index contributed by atoms with van der Waals surface area (Å²) in [5, 5.41) is 2.49. The van der Waals surface area contributed by atoms with Crippen molar-refractivity contribution >= 4 is 22.0 Å². The summed E-state index contributed by atoms with van der Waals surface area (Å²) in [6.07, 6.45) is 0.464. The summed E-state index contributed by atoms with van der Waals surface area (Å²) in [6, 6.07) is 4.74. The molecule has 1 atom stereocenters. The third kappa shape index (κ3) is 5.35. The van der Waals surface area contributed by atoms with Gasteiger partial charge in [0, 0.05) is 26.2 Å². The maximum Gasteiger partial charge on any atom is 0.312 e. The number of benzene rings is 1. The zero-order valence-corrected chi connectivity index (χ0v) is 17.2. The first-order valence-electron chi connectivity index (χ1n) is 9.14. The van der Waals surface area contributed by atoms with E-state index in [2.05, 4.69) is 5.32 Å².